The molecule has 4 rings (SSSR count). The minimum atomic E-state index is -0.878. The molecule has 0 unspecified atom stereocenters. The number of ether oxygens (including phenoxy) is 2. The van der Waals surface area contributed by atoms with Crippen molar-refractivity contribution in [3.63, 3.8) is 0 Å². The summed E-state index contributed by atoms with van der Waals surface area (Å²) in [4.78, 5) is 16.8. The second kappa shape index (κ2) is 7.80. The molecule has 0 aliphatic carbocycles. The van der Waals surface area contributed by atoms with Crippen molar-refractivity contribution in [1.29, 1.82) is 0 Å². The van der Waals surface area contributed by atoms with E-state index < -0.39 is 11.7 Å². The number of aromatic amines is 1. The summed E-state index contributed by atoms with van der Waals surface area (Å²) in [7, 11) is 1.46. The molecule has 10 heteroatoms. The molecule has 0 fully saturated rings. The second-order valence-electron chi connectivity index (χ2n) is 5.91. The number of methoxy groups -OCH3 is 1. The second-order valence-corrected chi connectivity index (χ2v) is 6.32. The minimum Gasteiger partial charge on any atom is -0.483 e. The van der Waals surface area contributed by atoms with Gasteiger partial charge >= 0.3 is 0 Å². The van der Waals surface area contributed by atoms with E-state index in [-0.39, 0.29) is 22.9 Å². The molecule has 3 aromatic heterocycles. The lowest BCUT2D eigenvalue weighted by molar-refractivity contribution is 0.102. The van der Waals surface area contributed by atoms with E-state index in [0.717, 1.165) is 0 Å². The fraction of sp³-hybridized carbons (Fsp3) is 0.105. The van der Waals surface area contributed by atoms with Crippen LogP contribution >= 0.6 is 11.6 Å². The Bertz CT molecular complexity index is 1180. The van der Waals surface area contributed by atoms with Crippen molar-refractivity contribution in [1.82, 2.24) is 15.2 Å². The Kier molecular flexibility index (Phi) is 5.05. The highest BCUT2D eigenvalue weighted by Gasteiger charge is 2.21. The maximum absolute atomic E-state index is 14.9. The molecule has 0 saturated carbocycles. The monoisotopic (exact) mass is 416 g/mol. The number of H-pyrrole nitrogens is 1. The summed E-state index contributed by atoms with van der Waals surface area (Å²) in [5.74, 6) is -0.919. The molecule has 4 aromatic rings. The molecule has 0 atom stereocenters. The number of carbonyl (C=O) groups is 1. The highest BCUT2D eigenvalue weighted by atomic mass is 35.5. The van der Waals surface area contributed by atoms with Crippen molar-refractivity contribution >= 4 is 34.2 Å². The lowest BCUT2D eigenvalue weighted by Gasteiger charge is -2.11. The molecule has 0 aliphatic heterocycles. The summed E-state index contributed by atoms with van der Waals surface area (Å²) in [6, 6.07) is 7.72. The number of carbonyl (C=O) groups excluding carboxylic acids is 1. The Hall–Kier alpha value is -3.59. The number of furan rings is 1. The topological polar surface area (TPSA) is 102 Å². The zero-order chi connectivity index (χ0) is 20.4. The minimum absolute atomic E-state index is 0.00742. The Morgan fingerprint density at radius 3 is 3.00 bits per heavy atom. The summed E-state index contributed by atoms with van der Waals surface area (Å²) in [5.41, 5.74) is 0.458. The van der Waals surface area contributed by atoms with E-state index in [1.807, 2.05) is 0 Å². The Balaban J connectivity index is 1.58. The summed E-state index contributed by atoms with van der Waals surface area (Å²) in [6.45, 7) is 0.00742. The summed E-state index contributed by atoms with van der Waals surface area (Å²) >= 11 is 6.06. The van der Waals surface area contributed by atoms with Gasteiger partial charge in [0.1, 0.15) is 12.4 Å². The van der Waals surface area contributed by atoms with Gasteiger partial charge in [0.2, 0.25) is 5.88 Å². The number of anilines is 1. The van der Waals surface area contributed by atoms with Crippen LogP contribution in [0.25, 0.3) is 11.0 Å². The molecule has 0 radical (unpaired) electrons. The van der Waals surface area contributed by atoms with Crippen molar-refractivity contribution in [2.45, 2.75) is 6.61 Å². The normalized spacial score (nSPS) is 10.9. The number of aromatic nitrogens is 3. The SMILES string of the molecule is COc1n[nH]c2ncc(NC(=O)c3c(Cl)ccc(OCc4ccco4)c3F)cc12. The van der Waals surface area contributed by atoms with Crippen molar-refractivity contribution in [2.24, 2.45) is 0 Å². The average molecular weight is 417 g/mol. The van der Waals surface area contributed by atoms with Crippen LogP contribution in [-0.2, 0) is 6.61 Å². The third kappa shape index (κ3) is 3.72. The Morgan fingerprint density at radius 2 is 2.24 bits per heavy atom. The maximum Gasteiger partial charge on any atom is 0.260 e. The molecule has 2 N–H and O–H groups in total. The number of hydrogen-bond acceptors (Lipinski definition) is 6. The van der Waals surface area contributed by atoms with Gasteiger partial charge < -0.3 is 19.2 Å². The quantitative estimate of drug-likeness (QED) is 0.488. The highest BCUT2D eigenvalue weighted by Crippen LogP contribution is 2.29. The molecule has 0 spiro atoms. The van der Waals surface area contributed by atoms with Gasteiger partial charge in [-0.2, -0.15) is 0 Å². The third-order valence-electron chi connectivity index (χ3n) is 4.07. The third-order valence-corrected chi connectivity index (χ3v) is 4.38. The number of rotatable bonds is 6. The van der Waals surface area contributed by atoms with Crippen molar-refractivity contribution in [3.8, 4) is 11.6 Å². The van der Waals surface area contributed by atoms with Crippen LogP contribution in [0.1, 0.15) is 16.1 Å². The molecular formula is C19H14ClFN4O4. The maximum atomic E-state index is 14.9. The van der Waals surface area contributed by atoms with Gasteiger partial charge in [-0.15, -0.1) is 5.10 Å². The zero-order valence-electron chi connectivity index (χ0n) is 15.0. The van der Waals surface area contributed by atoms with Gasteiger partial charge in [0.25, 0.3) is 5.91 Å². The zero-order valence-corrected chi connectivity index (χ0v) is 15.8. The molecule has 148 valence electrons. The highest BCUT2D eigenvalue weighted by molar-refractivity contribution is 6.34. The molecule has 3 heterocycles. The number of fused-ring (bicyclic) bond motifs is 1. The van der Waals surface area contributed by atoms with Gasteiger partial charge in [0.05, 0.1) is 41.2 Å². The number of benzene rings is 1. The lowest BCUT2D eigenvalue weighted by Crippen LogP contribution is -2.15. The van der Waals surface area contributed by atoms with E-state index in [9.17, 15) is 9.18 Å². The number of hydrogen-bond donors (Lipinski definition) is 2. The Labute approximate surface area is 168 Å². The predicted octanol–water partition coefficient (Wildman–Crippen LogP) is 4.18. The van der Waals surface area contributed by atoms with Crippen LogP contribution in [0.4, 0.5) is 10.1 Å². The average Bonchev–Trinajstić information content (AvgIpc) is 3.36. The van der Waals surface area contributed by atoms with E-state index in [0.29, 0.717) is 28.4 Å². The van der Waals surface area contributed by atoms with Crippen LogP contribution in [0.5, 0.6) is 11.6 Å². The summed E-state index contributed by atoms with van der Waals surface area (Å²) in [5, 5.41) is 9.72. The number of pyridine rings is 1. The van der Waals surface area contributed by atoms with Crippen LogP contribution in [-0.4, -0.2) is 28.2 Å². The first-order valence-corrected chi connectivity index (χ1v) is 8.77. The standard InChI is InChI=1S/C19H14ClFN4O4/c1-27-19-12-7-10(8-22-17(12)24-25-19)23-18(26)15-13(20)4-5-14(16(15)21)29-9-11-3-2-6-28-11/h2-8H,9H2,1H3,(H,23,26)(H,22,24,25). The Morgan fingerprint density at radius 1 is 1.38 bits per heavy atom. The van der Waals surface area contributed by atoms with E-state index in [4.69, 9.17) is 25.5 Å². The van der Waals surface area contributed by atoms with Crippen LogP contribution in [0, 0.1) is 5.82 Å². The van der Waals surface area contributed by atoms with Crippen LogP contribution < -0.4 is 14.8 Å². The molecule has 1 aromatic carbocycles. The van der Waals surface area contributed by atoms with E-state index in [2.05, 4.69) is 20.5 Å². The van der Waals surface area contributed by atoms with E-state index >= 15 is 0 Å². The summed E-state index contributed by atoms with van der Waals surface area (Å²) < 4.78 is 30.6. The van der Waals surface area contributed by atoms with Gasteiger partial charge in [0.15, 0.2) is 17.2 Å². The fourth-order valence-electron chi connectivity index (χ4n) is 2.69. The number of halogens is 2. The molecule has 8 nitrogen and oxygen atoms in total. The predicted molar refractivity (Wildman–Crippen MR) is 103 cm³/mol. The van der Waals surface area contributed by atoms with Gasteiger partial charge in [-0.25, -0.2) is 9.37 Å². The van der Waals surface area contributed by atoms with Crippen molar-refractivity contribution < 1.29 is 23.1 Å². The van der Waals surface area contributed by atoms with Crippen molar-refractivity contribution in [3.05, 3.63) is 65.0 Å². The molecule has 0 bridgehead atoms. The number of nitrogens with one attached hydrogen (secondary N) is 2. The first kappa shape index (κ1) is 18.8. The van der Waals surface area contributed by atoms with Crippen LogP contribution in [0.3, 0.4) is 0 Å². The molecule has 0 saturated heterocycles. The van der Waals surface area contributed by atoms with E-state index in [1.54, 1.807) is 18.2 Å². The number of nitrogens with zero attached hydrogens (tertiary/aromatic N) is 2. The first-order valence-electron chi connectivity index (χ1n) is 8.39. The lowest BCUT2D eigenvalue weighted by atomic mass is 10.1. The first-order chi connectivity index (χ1) is 14.1. The van der Waals surface area contributed by atoms with Crippen LogP contribution in [0.15, 0.2) is 47.2 Å². The number of amides is 1. The van der Waals surface area contributed by atoms with Crippen LogP contribution in [0.2, 0.25) is 5.02 Å². The molecule has 29 heavy (non-hydrogen) atoms. The van der Waals surface area contributed by atoms with Crippen molar-refractivity contribution in [2.75, 3.05) is 12.4 Å². The van der Waals surface area contributed by atoms with E-state index in [1.165, 1.54) is 31.7 Å². The molecular weight excluding hydrogens is 403 g/mol. The summed E-state index contributed by atoms with van der Waals surface area (Å²) in [6.07, 6.45) is 2.89. The van der Waals surface area contributed by atoms with Gasteiger partial charge in [-0.1, -0.05) is 11.6 Å². The van der Waals surface area contributed by atoms with Gasteiger partial charge in [0, 0.05) is 0 Å². The fourth-order valence-corrected chi connectivity index (χ4v) is 2.93. The van der Waals surface area contributed by atoms with Gasteiger partial charge in [-0.3, -0.25) is 9.89 Å². The molecule has 0 aliphatic rings. The molecule has 1 amide bonds. The largest absolute Gasteiger partial charge is 0.483 e. The smallest absolute Gasteiger partial charge is 0.260 e. The van der Waals surface area contributed by atoms with Gasteiger partial charge in [-0.05, 0) is 30.3 Å².